The molecule has 1 heterocycles. The van der Waals surface area contributed by atoms with Crippen molar-refractivity contribution in [3.63, 3.8) is 0 Å². The Morgan fingerprint density at radius 1 is 1.53 bits per heavy atom. The van der Waals surface area contributed by atoms with Crippen LogP contribution in [0.4, 0.5) is 0 Å². The molecule has 2 unspecified atom stereocenters. The number of rotatable bonds is 4. The summed E-state index contributed by atoms with van der Waals surface area (Å²) < 4.78 is 5.89. The fourth-order valence-corrected chi connectivity index (χ4v) is 2.42. The van der Waals surface area contributed by atoms with E-state index in [9.17, 15) is 5.11 Å². The van der Waals surface area contributed by atoms with E-state index in [1.165, 1.54) is 11.1 Å². The minimum Gasteiger partial charge on any atom is -0.488 e. The van der Waals surface area contributed by atoms with Gasteiger partial charge in [0, 0.05) is 19.5 Å². The van der Waals surface area contributed by atoms with Gasteiger partial charge in [-0.2, -0.15) is 0 Å². The molecule has 17 heavy (non-hydrogen) atoms. The lowest BCUT2D eigenvalue weighted by molar-refractivity contribution is 0.110. The van der Waals surface area contributed by atoms with Crippen LogP contribution in [-0.2, 0) is 6.42 Å². The number of benzene rings is 1. The van der Waals surface area contributed by atoms with Crippen molar-refractivity contribution in [3.05, 3.63) is 29.3 Å². The second-order valence-corrected chi connectivity index (χ2v) is 5.13. The maximum Gasteiger partial charge on any atom is 0.123 e. The average molecular weight is 235 g/mol. The highest BCUT2D eigenvalue weighted by atomic mass is 16.5. The van der Waals surface area contributed by atoms with Crippen LogP contribution in [0.25, 0.3) is 0 Å². The molecule has 0 saturated heterocycles. The molecule has 2 atom stereocenters. The van der Waals surface area contributed by atoms with E-state index in [0.29, 0.717) is 6.54 Å². The highest BCUT2D eigenvalue weighted by Crippen LogP contribution is 2.29. The zero-order valence-corrected chi connectivity index (χ0v) is 10.8. The van der Waals surface area contributed by atoms with E-state index in [-0.39, 0.29) is 12.2 Å². The summed E-state index contributed by atoms with van der Waals surface area (Å²) in [4.78, 5) is 2.12. The summed E-state index contributed by atoms with van der Waals surface area (Å²) in [7, 11) is 2.02. The molecule has 0 bridgehead atoms. The molecule has 0 fully saturated rings. The van der Waals surface area contributed by atoms with Crippen LogP contribution in [0.15, 0.2) is 18.2 Å². The van der Waals surface area contributed by atoms with Crippen LogP contribution in [0.5, 0.6) is 5.75 Å². The molecule has 0 spiro atoms. The maximum atomic E-state index is 9.32. The summed E-state index contributed by atoms with van der Waals surface area (Å²) in [5.74, 6) is 1.02. The highest BCUT2D eigenvalue weighted by molar-refractivity contribution is 5.40. The number of likely N-dealkylation sites (N-methyl/N-ethyl adjacent to an activating group) is 1. The normalized spacial score (nSPS) is 20.2. The third kappa shape index (κ3) is 3.20. The molecule has 0 amide bonds. The number of aryl methyl sites for hydroxylation is 1. The summed E-state index contributed by atoms with van der Waals surface area (Å²) in [6.45, 7) is 5.46. The molecule has 0 aliphatic carbocycles. The van der Waals surface area contributed by atoms with Crippen molar-refractivity contribution in [1.82, 2.24) is 4.90 Å². The fraction of sp³-hybridized carbons (Fsp3) is 0.571. The molecule has 2 rings (SSSR count). The molecule has 1 N–H and O–H groups in total. The summed E-state index contributed by atoms with van der Waals surface area (Å²) in [6, 6.07) is 6.34. The first-order valence-corrected chi connectivity index (χ1v) is 6.17. The van der Waals surface area contributed by atoms with Gasteiger partial charge in [0.05, 0.1) is 6.10 Å². The van der Waals surface area contributed by atoms with Gasteiger partial charge in [0.2, 0.25) is 0 Å². The third-order valence-corrected chi connectivity index (χ3v) is 3.05. The molecular weight excluding hydrogens is 214 g/mol. The van der Waals surface area contributed by atoms with Crippen LogP contribution in [0.1, 0.15) is 18.1 Å². The van der Waals surface area contributed by atoms with Crippen molar-refractivity contribution < 1.29 is 9.84 Å². The van der Waals surface area contributed by atoms with Crippen molar-refractivity contribution in [2.45, 2.75) is 32.5 Å². The predicted molar refractivity (Wildman–Crippen MR) is 68.5 cm³/mol. The number of hydrogen-bond donors (Lipinski definition) is 1. The number of nitrogens with zero attached hydrogens (tertiary/aromatic N) is 1. The van der Waals surface area contributed by atoms with Crippen LogP contribution in [0.3, 0.4) is 0 Å². The van der Waals surface area contributed by atoms with Gasteiger partial charge in [-0.1, -0.05) is 17.7 Å². The molecule has 1 aliphatic rings. The summed E-state index contributed by atoms with van der Waals surface area (Å²) in [6.07, 6.45) is 0.905. The van der Waals surface area contributed by atoms with E-state index < -0.39 is 0 Å². The smallest absolute Gasteiger partial charge is 0.123 e. The van der Waals surface area contributed by atoms with Gasteiger partial charge in [0.1, 0.15) is 11.9 Å². The molecule has 0 aromatic heterocycles. The Balaban J connectivity index is 1.92. The first-order chi connectivity index (χ1) is 8.04. The molecule has 0 radical (unpaired) electrons. The van der Waals surface area contributed by atoms with E-state index in [1.54, 1.807) is 0 Å². The minimum absolute atomic E-state index is 0.218. The Kier molecular flexibility index (Phi) is 3.69. The largest absolute Gasteiger partial charge is 0.488 e. The van der Waals surface area contributed by atoms with Crippen LogP contribution < -0.4 is 4.74 Å². The van der Waals surface area contributed by atoms with Gasteiger partial charge in [0.15, 0.2) is 0 Å². The third-order valence-electron chi connectivity index (χ3n) is 3.05. The molecule has 0 saturated carbocycles. The van der Waals surface area contributed by atoms with Gasteiger partial charge in [-0.25, -0.2) is 0 Å². The van der Waals surface area contributed by atoms with Crippen LogP contribution in [0, 0.1) is 6.92 Å². The lowest BCUT2D eigenvalue weighted by atomic mass is 10.1. The van der Waals surface area contributed by atoms with Crippen molar-refractivity contribution in [2.75, 3.05) is 20.1 Å². The Morgan fingerprint density at radius 2 is 2.29 bits per heavy atom. The van der Waals surface area contributed by atoms with Crippen molar-refractivity contribution in [1.29, 1.82) is 0 Å². The highest BCUT2D eigenvalue weighted by Gasteiger charge is 2.24. The number of fused-ring (bicyclic) bond motifs is 1. The van der Waals surface area contributed by atoms with Crippen LogP contribution in [0.2, 0.25) is 0 Å². The van der Waals surface area contributed by atoms with Gasteiger partial charge in [-0.05, 0) is 32.5 Å². The molecule has 1 aliphatic heterocycles. The molecule has 94 valence electrons. The Bertz CT molecular complexity index is 390. The Labute approximate surface area is 103 Å². The van der Waals surface area contributed by atoms with E-state index in [1.807, 2.05) is 14.0 Å². The Hall–Kier alpha value is -1.06. The summed E-state index contributed by atoms with van der Waals surface area (Å²) in [5, 5.41) is 9.32. The second kappa shape index (κ2) is 5.07. The number of hydrogen-bond acceptors (Lipinski definition) is 3. The lowest BCUT2D eigenvalue weighted by Crippen LogP contribution is -2.36. The number of aliphatic hydroxyl groups excluding tert-OH is 1. The van der Waals surface area contributed by atoms with Crippen LogP contribution in [-0.4, -0.2) is 42.4 Å². The van der Waals surface area contributed by atoms with Crippen molar-refractivity contribution in [3.8, 4) is 5.75 Å². The number of ether oxygens (including phenoxy) is 1. The van der Waals surface area contributed by atoms with E-state index in [4.69, 9.17) is 4.74 Å². The zero-order valence-electron chi connectivity index (χ0n) is 10.8. The minimum atomic E-state index is -0.286. The van der Waals surface area contributed by atoms with Crippen molar-refractivity contribution >= 4 is 0 Å². The van der Waals surface area contributed by atoms with Gasteiger partial charge >= 0.3 is 0 Å². The topological polar surface area (TPSA) is 32.7 Å². The summed E-state index contributed by atoms with van der Waals surface area (Å²) >= 11 is 0. The zero-order chi connectivity index (χ0) is 12.4. The van der Waals surface area contributed by atoms with Gasteiger partial charge in [-0.15, -0.1) is 0 Å². The molecular formula is C14H21NO2. The van der Waals surface area contributed by atoms with E-state index >= 15 is 0 Å². The SMILES string of the molecule is Cc1ccc2c(c1)CC(CN(C)CC(C)O)O2. The molecule has 3 nitrogen and oxygen atoms in total. The standard InChI is InChI=1S/C14H21NO2/c1-10-4-5-14-12(6-10)7-13(17-14)9-15(3)8-11(2)16/h4-6,11,13,16H,7-9H2,1-3H3. The van der Waals surface area contributed by atoms with Crippen molar-refractivity contribution in [2.24, 2.45) is 0 Å². The Morgan fingerprint density at radius 3 is 3.00 bits per heavy atom. The molecule has 1 aromatic rings. The molecule has 3 heteroatoms. The van der Waals surface area contributed by atoms with Crippen LogP contribution >= 0.6 is 0 Å². The lowest BCUT2D eigenvalue weighted by Gasteiger charge is -2.21. The second-order valence-electron chi connectivity index (χ2n) is 5.13. The summed E-state index contributed by atoms with van der Waals surface area (Å²) in [5.41, 5.74) is 2.59. The maximum absolute atomic E-state index is 9.32. The van der Waals surface area contributed by atoms with Gasteiger partial charge < -0.3 is 14.7 Å². The predicted octanol–water partition coefficient (Wildman–Crippen LogP) is 1.61. The number of aliphatic hydroxyl groups is 1. The van der Waals surface area contributed by atoms with E-state index in [2.05, 4.69) is 30.0 Å². The average Bonchev–Trinajstić information content (AvgIpc) is 2.57. The molecule has 1 aromatic carbocycles. The fourth-order valence-electron chi connectivity index (χ4n) is 2.42. The van der Waals surface area contributed by atoms with Gasteiger partial charge in [-0.3, -0.25) is 0 Å². The first kappa shape index (κ1) is 12.4. The first-order valence-electron chi connectivity index (χ1n) is 6.17. The monoisotopic (exact) mass is 235 g/mol. The quantitative estimate of drug-likeness (QED) is 0.860. The van der Waals surface area contributed by atoms with E-state index in [0.717, 1.165) is 18.7 Å². The van der Waals surface area contributed by atoms with Gasteiger partial charge in [0.25, 0.3) is 0 Å².